The fourth-order valence-corrected chi connectivity index (χ4v) is 3.57. The molecular formula is C26H28N2O4. The number of anilines is 2. The van der Waals surface area contributed by atoms with Crippen LogP contribution in [0.15, 0.2) is 59.0 Å². The van der Waals surface area contributed by atoms with Crippen LogP contribution in [-0.4, -0.2) is 18.4 Å². The van der Waals surface area contributed by atoms with Crippen LogP contribution in [0, 0.1) is 6.92 Å². The predicted molar refractivity (Wildman–Crippen MR) is 124 cm³/mol. The second-order valence-corrected chi connectivity index (χ2v) is 8.77. The Morgan fingerprint density at radius 1 is 1.09 bits per heavy atom. The second-order valence-electron chi connectivity index (χ2n) is 8.77. The molecule has 2 aromatic carbocycles. The van der Waals surface area contributed by atoms with E-state index in [0.717, 1.165) is 23.2 Å². The fraction of sp³-hybridized carbons (Fsp3) is 0.308. The van der Waals surface area contributed by atoms with Crippen molar-refractivity contribution in [1.82, 2.24) is 0 Å². The van der Waals surface area contributed by atoms with E-state index in [0.29, 0.717) is 17.2 Å². The molecule has 0 bridgehead atoms. The average molecular weight is 433 g/mol. The fourth-order valence-electron chi connectivity index (χ4n) is 3.57. The number of nitrogens with zero attached hydrogens (tertiary/aromatic N) is 1. The van der Waals surface area contributed by atoms with E-state index in [1.165, 1.54) is 0 Å². The number of hydrogen-bond acceptors (Lipinski definition) is 4. The molecule has 1 N–H and O–H groups in total. The smallest absolute Gasteiger partial charge is 0.291 e. The molecule has 0 radical (unpaired) electrons. The van der Waals surface area contributed by atoms with Crippen LogP contribution in [0.25, 0.3) is 0 Å². The van der Waals surface area contributed by atoms with Gasteiger partial charge in [-0.25, -0.2) is 0 Å². The number of carbonyl (C=O) groups excluding carboxylic acids is 2. The quantitative estimate of drug-likeness (QED) is 0.562. The normalized spacial score (nSPS) is 13.5. The van der Waals surface area contributed by atoms with Gasteiger partial charge in [0.2, 0.25) is 0 Å². The molecule has 32 heavy (non-hydrogen) atoms. The highest BCUT2D eigenvalue weighted by atomic mass is 16.5. The summed E-state index contributed by atoms with van der Waals surface area (Å²) in [5, 5.41) is 2.82. The number of ether oxygens (including phenoxy) is 1. The molecule has 2 amide bonds. The number of furan rings is 1. The third kappa shape index (κ3) is 4.40. The van der Waals surface area contributed by atoms with Gasteiger partial charge < -0.3 is 14.5 Å². The lowest BCUT2D eigenvalue weighted by molar-refractivity contribution is -0.121. The number of rotatable bonds is 6. The van der Waals surface area contributed by atoms with E-state index >= 15 is 0 Å². The standard InChI is InChI=1S/C26H28N2O4/c1-5-26(3,4)18-8-12-22-21(14-18)28(24(29)16-31-22)15-20-11-13-23(32-20)25(30)27-19-9-6-17(2)7-10-19/h6-14H,5,15-16H2,1-4H3,(H,27,30). The highest BCUT2D eigenvalue weighted by Crippen LogP contribution is 2.38. The number of carbonyl (C=O) groups is 2. The predicted octanol–water partition coefficient (Wildman–Crippen LogP) is 5.45. The summed E-state index contributed by atoms with van der Waals surface area (Å²) in [6.45, 7) is 8.69. The van der Waals surface area contributed by atoms with Crippen molar-refractivity contribution in [3.63, 3.8) is 0 Å². The van der Waals surface area contributed by atoms with E-state index in [1.807, 2.05) is 43.3 Å². The summed E-state index contributed by atoms with van der Waals surface area (Å²) in [7, 11) is 0. The Balaban J connectivity index is 1.54. The SMILES string of the molecule is CCC(C)(C)c1ccc2c(c1)N(Cc1ccc(C(=O)Nc3ccc(C)cc3)o1)C(=O)CO2. The molecule has 6 nitrogen and oxygen atoms in total. The van der Waals surface area contributed by atoms with E-state index in [4.69, 9.17) is 9.15 Å². The van der Waals surface area contributed by atoms with E-state index < -0.39 is 0 Å². The topological polar surface area (TPSA) is 71.8 Å². The van der Waals surface area contributed by atoms with Crippen LogP contribution in [0.5, 0.6) is 5.75 Å². The first kappa shape index (κ1) is 21.7. The number of aryl methyl sites for hydroxylation is 1. The molecule has 6 heteroatoms. The lowest BCUT2D eigenvalue weighted by Gasteiger charge is -2.31. The van der Waals surface area contributed by atoms with Crippen molar-refractivity contribution in [2.24, 2.45) is 0 Å². The van der Waals surface area contributed by atoms with Crippen molar-refractivity contribution < 1.29 is 18.7 Å². The molecule has 0 saturated carbocycles. The molecule has 3 aromatic rings. The minimum absolute atomic E-state index is 0.0207. The number of nitrogens with one attached hydrogen (secondary N) is 1. The summed E-state index contributed by atoms with van der Waals surface area (Å²) < 4.78 is 11.4. The summed E-state index contributed by atoms with van der Waals surface area (Å²) in [6, 6.07) is 16.9. The zero-order valence-electron chi connectivity index (χ0n) is 18.9. The molecule has 0 saturated heterocycles. The largest absolute Gasteiger partial charge is 0.482 e. The summed E-state index contributed by atoms with van der Waals surface area (Å²) >= 11 is 0. The van der Waals surface area contributed by atoms with E-state index in [-0.39, 0.29) is 36.1 Å². The Morgan fingerprint density at radius 3 is 2.56 bits per heavy atom. The number of amides is 2. The highest BCUT2D eigenvalue weighted by Gasteiger charge is 2.29. The van der Waals surface area contributed by atoms with Gasteiger partial charge in [0.25, 0.3) is 11.8 Å². The molecular weight excluding hydrogens is 404 g/mol. The first-order valence-corrected chi connectivity index (χ1v) is 10.8. The highest BCUT2D eigenvalue weighted by molar-refractivity contribution is 6.02. The molecule has 1 aliphatic rings. The third-order valence-corrected chi connectivity index (χ3v) is 6.08. The first-order chi connectivity index (χ1) is 15.3. The van der Waals surface area contributed by atoms with Crippen LogP contribution in [0.4, 0.5) is 11.4 Å². The van der Waals surface area contributed by atoms with Crippen molar-refractivity contribution >= 4 is 23.2 Å². The Kier molecular flexibility index (Phi) is 5.78. The summed E-state index contributed by atoms with van der Waals surface area (Å²) in [4.78, 5) is 26.9. The van der Waals surface area contributed by atoms with Crippen molar-refractivity contribution in [2.75, 3.05) is 16.8 Å². The maximum atomic E-state index is 12.7. The molecule has 4 rings (SSSR count). The van der Waals surface area contributed by atoms with Gasteiger partial charge in [0.1, 0.15) is 11.5 Å². The van der Waals surface area contributed by atoms with Crippen LogP contribution < -0.4 is 15.0 Å². The van der Waals surface area contributed by atoms with Gasteiger partial charge in [0.05, 0.1) is 12.2 Å². The lowest BCUT2D eigenvalue weighted by atomic mass is 9.82. The Morgan fingerprint density at radius 2 is 1.84 bits per heavy atom. The molecule has 166 valence electrons. The molecule has 0 unspecified atom stereocenters. The van der Waals surface area contributed by atoms with Gasteiger partial charge in [-0.05, 0) is 60.7 Å². The molecule has 2 heterocycles. The molecule has 0 aliphatic carbocycles. The average Bonchev–Trinajstić information content (AvgIpc) is 3.26. The number of fused-ring (bicyclic) bond motifs is 1. The third-order valence-electron chi connectivity index (χ3n) is 6.08. The van der Waals surface area contributed by atoms with Crippen molar-refractivity contribution in [3.8, 4) is 5.75 Å². The molecule has 0 atom stereocenters. The number of hydrogen-bond donors (Lipinski definition) is 1. The second kappa shape index (κ2) is 8.54. The number of benzene rings is 2. The van der Waals surface area contributed by atoms with Gasteiger partial charge in [0, 0.05) is 5.69 Å². The maximum absolute atomic E-state index is 12.7. The molecule has 1 aromatic heterocycles. The molecule has 0 spiro atoms. The Hall–Kier alpha value is -3.54. The van der Waals surface area contributed by atoms with Crippen molar-refractivity contribution in [2.45, 2.75) is 46.1 Å². The van der Waals surface area contributed by atoms with Gasteiger partial charge in [-0.3, -0.25) is 14.5 Å². The van der Waals surface area contributed by atoms with Gasteiger partial charge >= 0.3 is 0 Å². The summed E-state index contributed by atoms with van der Waals surface area (Å²) in [6.07, 6.45) is 0.970. The lowest BCUT2D eigenvalue weighted by Crippen LogP contribution is -2.38. The van der Waals surface area contributed by atoms with Crippen LogP contribution in [0.3, 0.4) is 0 Å². The minimum Gasteiger partial charge on any atom is -0.482 e. The van der Waals surface area contributed by atoms with E-state index in [2.05, 4.69) is 32.2 Å². The maximum Gasteiger partial charge on any atom is 0.291 e. The van der Waals surface area contributed by atoms with E-state index in [9.17, 15) is 9.59 Å². The first-order valence-electron chi connectivity index (χ1n) is 10.8. The van der Waals surface area contributed by atoms with Crippen LogP contribution in [0.2, 0.25) is 0 Å². The van der Waals surface area contributed by atoms with Gasteiger partial charge in [-0.15, -0.1) is 0 Å². The van der Waals surface area contributed by atoms with Gasteiger partial charge in [-0.2, -0.15) is 0 Å². The van der Waals surface area contributed by atoms with Gasteiger partial charge in [-0.1, -0.05) is 44.5 Å². The minimum atomic E-state index is -0.333. The summed E-state index contributed by atoms with van der Waals surface area (Å²) in [5.74, 6) is 0.915. The zero-order chi connectivity index (χ0) is 22.9. The summed E-state index contributed by atoms with van der Waals surface area (Å²) in [5.41, 5.74) is 3.65. The van der Waals surface area contributed by atoms with Crippen LogP contribution in [-0.2, 0) is 16.8 Å². The molecule has 1 aliphatic heterocycles. The van der Waals surface area contributed by atoms with Crippen LogP contribution in [0.1, 0.15) is 54.6 Å². The van der Waals surface area contributed by atoms with Gasteiger partial charge in [0.15, 0.2) is 12.4 Å². The van der Waals surface area contributed by atoms with Crippen LogP contribution >= 0.6 is 0 Å². The Labute approximate surface area is 188 Å². The zero-order valence-corrected chi connectivity index (χ0v) is 18.9. The van der Waals surface area contributed by atoms with Crippen molar-refractivity contribution in [1.29, 1.82) is 0 Å². The Bertz CT molecular complexity index is 1140. The van der Waals surface area contributed by atoms with Crippen molar-refractivity contribution in [3.05, 3.63) is 77.2 Å². The van der Waals surface area contributed by atoms with E-state index in [1.54, 1.807) is 17.0 Å². The monoisotopic (exact) mass is 432 g/mol. The molecule has 0 fully saturated rings.